The van der Waals surface area contributed by atoms with Gasteiger partial charge >= 0.3 is 0 Å². The minimum atomic E-state index is 0.359. The lowest BCUT2D eigenvalue weighted by Crippen LogP contribution is -2.35. The predicted octanol–water partition coefficient (Wildman–Crippen LogP) is 0.968. The fourth-order valence-corrected chi connectivity index (χ4v) is 2.21. The zero-order valence-corrected chi connectivity index (χ0v) is 9.83. The number of aromatic nitrogens is 2. The predicted molar refractivity (Wildman–Crippen MR) is 61.6 cm³/mol. The van der Waals surface area contributed by atoms with Gasteiger partial charge in [0.1, 0.15) is 6.61 Å². The van der Waals surface area contributed by atoms with Crippen molar-refractivity contribution >= 4 is 17.4 Å². The third-order valence-electron chi connectivity index (χ3n) is 2.78. The summed E-state index contributed by atoms with van der Waals surface area (Å²) < 4.78 is 7.42. The fraction of sp³-hybridized carbons (Fsp3) is 0.600. The Kier molecular flexibility index (Phi) is 2.90. The van der Waals surface area contributed by atoms with Gasteiger partial charge in [0.15, 0.2) is 0 Å². The summed E-state index contributed by atoms with van der Waals surface area (Å²) in [5.41, 5.74) is 1.21. The van der Waals surface area contributed by atoms with Crippen LogP contribution in [-0.2, 0) is 18.2 Å². The number of likely N-dealkylation sites (N-methyl/N-ethyl adjacent to an activating group) is 1. The topological polar surface area (TPSA) is 30.3 Å². The van der Waals surface area contributed by atoms with Gasteiger partial charge in [0.25, 0.3) is 5.17 Å². The lowest BCUT2D eigenvalue weighted by atomic mass is 10.1. The highest BCUT2D eigenvalue weighted by Gasteiger charge is 2.29. The first-order valence-corrected chi connectivity index (χ1v) is 5.51. The lowest BCUT2D eigenvalue weighted by Gasteiger charge is -2.20. The van der Waals surface area contributed by atoms with Crippen molar-refractivity contribution in [3.05, 3.63) is 18.2 Å². The number of aryl methyl sites for hydroxylation is 1. The Labute approximate surface area is 94.9 Å². The Hall–Kier alpha value is -1.10. The zero-order valence-electron chi connectivity index (χ0n) is 9.01. The van der Waals surface area contributed by atoms with Gasteiger partial charge in [-0.2, -0.15) is 0 Å². The van der Waals surface area contributed by atoms with Gasteiger partial charge in [-0.15, -0.1) is 0 Å². The van der Waals surface area contributed by atoms with Crippen LogP contribution in [0.4, 0.5) is 0 Å². The van der Waals surface area contributed by atoms with Crippen LogP contribution in [0.25, 0.3) is 0 Å². The molecular weight excluding hydrogens is 210 g/mol. The molecule has 4 nitrogen and oxygen atoms in total. The number of hydrogen-bond acceptors (Lipinski definition) is 3. The smallest absolute Gasteiger partial charge is 0.259 e. The van der Waals surface area contributed by atoms with Crippen LogP contribution < -0.4 is 0 Å². The number of thiocarbonyl (C=S) groups is 1. The van der Waals surface area contributed by atoms with E-state index in [1.54, 1.807) is 0 Å². The van der Waals surface area contributed by atoms with Crippen LogP contribution >= 0.6 is 12.2 Å². The van der Waals surface area contributed by atoms with E-state index in [0.717, 1.165) is 13.0 Å². The van der Waals surface area contributed by atoms with Crippen LogP contribution in [-0.4, -0.2) is 38.8 Å². The average molecular weight is 225 g/mol. The summed E-state index contributed by atoms with van der Waals surface area (Å²) in [5.74, 6) is 0. The number of rotatable bonds is 3. The van der Waals surface area contributed by atoms with Gasteiger partial charge in [0.05, 0.1) is 12.4 Å². The molecule has 0 spiro atoms. The van der Waals surface area contributed by atoms with Gasteiger partial charge in [-0.25, -0.2) is 4.98 Å². The summed E-state index contributed by atoms with van der Waals surface area (Å²) in [6.45, 7) is 3.69. The molecule has 1 aromatic rings. The van der Waals surface area contributed by atoms with Crippen LogP contribution in [0.5, 0.6) is 0 Å². The minimum Gasteiger partial charge on any atom is -0.469 e. The summed E-state index contributed by atoms with van der Waals surface area (Å²) in [5, 5.41) is 0.629. The number of ether oxygens (including phenoxy) is 1. The van der Waals surface area contributed by atoms with Gasteiger partial charge < -0.3 is 14.2 Å². The monoisotopic (exact) mass is 225 g/mol. The second-order valence-corrected chi connectivity index (χ2v) is 4.07. The van der Waals surface area contributed by atoms with E-state index >= 15 is 0 Å². The number of nitrogens with zero attached hydrogens (tertiary/aromatic N) is 3. The summed E-state index contributed by atoms with van der Waals surface area (Å²) >= 11 is 5.13. The van der Waals surface area contributed by atoms with Crippen LogP contribution in [0.1, 0.15) is 12.6 Å². The Morgan fingerprint density at radius 1 is 1.67 bits per heavy atom. The molecule has 1 fully saturated rings. The molecule has 0 bridgehead atoms. The summed E-state index contributed by atoms with van der Waals surface area (Å²) in [4.78, 5) is 6.23. The molecule has 15 heavy (non-hydrogen) atoms. The number of imidazole rings is 1. The van der Waals surface area contributed by atoms with E-state index in [1.807, 2.05) is 24.1 Å². The number of hydrogen-bond donors (Lipinski definition) is 0. The Morgan fingerprint density at radius 3 is 3.07 bits per heavy atom. The normalized spacial score (nSPS) is 20.8. The highest BCUT2D eigenvalue weighted by Crippen LogP contribution is 2.16. The Bertz CT molecular complexity index is 363. The SMILES string of the molecule is CCN1C(=S)OC[C@@H]1Cc1cncn1C. The molecule has 0 saturated carbocycles. The van der Waals surface area contributed by atoms with Crippen molar-refractivity contribution in [3.63, 3.8) is 0 Å². The molecule has 1 atom stereocenters. The summed E-state index contributed by atoms with van der Waals surface area (Å²) in [6, 6.07) is 0.359. The molecule has 0 amide bonds. The minimum absolute atomic E-state index is 0.359. The van der Waals surface area contributed by atoms with Gasteiger partial charge in [0.2, 0.25) is 0 Å². The van der Waals surface area contributed by atoms with Gasteiger partial charge in [-0.05, 0) is 19.1 Å². The van der Waals surface area contributed by atoms with Gasteiger partial charge in [-0.1, -0.05) is 0 Å². The average Bonchev–Trinajstić information content (AvgIpc) is 2.76. The molecule has 0 N–H and O–H groups in total. The first-order chi connectivity index (χ1) is 7.22. The van der Waals surface area contributed by atoms with Crippen molar-refractivity contribution in [2.75, 3.05) is 13.2 Å². The highest BCUT2D eigenvalue weighted by atomic mass is 32.1. The van der Waals surface area contributed by atoms with Crippen LogP contribution in [0.2, 0.25) is 0 Å². The molecule has 1 aliphatic heterocycles. The largest absolute Gasteiger partial charge is 0.469 e. The molecule has 1 aromatic heterocycles. The Morgan fingerprint density at radius 2 is 2.47 bits per heavy atom. The van der Waals surface area contributed by atoms with Crippen LogP contribution in [0, 0.1) is 0 Å². The molecule has 1 aliphatic rings. The molecule has 0 aliphatic carbocycles. The van der Waals surface area contributed by atoms with Crippen LogP contribution in [0.15, 0.2) is 12.5 Å². The third-order valence-corrected chi connectivity index (χ3v) is 3.13. The molecule has 0 aromatic carbocycles. The molecule has 5 heteroatoms. The van der Waals surface area contributed by atoms with Gasteiger partial charge in [-0.3, -0.25) is 0 Å². The molecule has 0 radical (unpaired) electrons. The lowest BCUT2D eigenvalue weighted by molar-refractivity contribution is 0.309. The summed E-state index contributed by atoms with van der Waals surface area (Å²) in [7, 11) is 2.01. The quantitative estimate of drug-likeness (QED) is 0.717. The fourth-order valence-electron chi connectivity index (χ4n) is 1.87. The van der Waals surface area contributed by atoms with Crippen molar-refractivity contribution < 1.29 is 4.74 Å². The van der Waals surface area contributed by atoms with E-state index in [-0.39, 0.29) is 0 Å². The van der Waals surface area contributed by atoms with Crippen molar-refractivity contribution in [1.29, 1.82) is 0 Å². The third kappa shape index (κ3) is 1.97. The van der Waals surface area contributed by atoms with Crippen molar-refractivity contribution in [2.45, 2.75) is 19.4 Å². The van der Waals surface area contributed by atoms with E-state index in [4.69, 9.17) is 17.0 Å². The van der Waals surface area contributed by atoms with E-state index < -0.39 is 0 Å². The van der Waals surface area contributed by atoms with Crippen LogP contribution in [0.3, 0.4) is 0 Å². The van der Waals surface area contributed by atoms with E-state index in [9.17, 15) is 0 Å². The second-order valence-electron chi connectivity index (χ2n) is 3.72. The maximum atomic E-state index is 5.39. The Balaban J connectivity index is 2.06. The maximum Gasteiger partial charge on any atom is 0.259 e. The highest BCUT2D eigenvalue weighted by molar-refractivity contribution is 7.80. The van der Waals surface area contributed by atoms with E-state index in [2.05, 4.69) is 16.8 Å². The maximum absolute atomic E-state index is 5.39. The second kappa shape index (κ2) is 4.18. The standard InChI is InChI=1S/C10H15N3OS/c1-3-13-9(6-14-10(13)15)4-8-5-11-7-12(8)2/h5,7,9H,3-4,6H2,1-2H3/t9-/m0/s1. The summed E-state index contributed by atoms with van der Waals surface area (Å²) in [6.07, 6.45) is 4.65. The molecular formula is C10H15N3OS. The van der Waals surface area contributed by atoms with Gasteiger partial charge in [0, 0.05) is 31.9 Å². The first-order valence-electron chi connectivity index (χ1n) is 5.11. The molecule has 1 saturated heterocycles. The van der Waals surface area contributed by atoms with Crippen molar-refractivity contribution in [3.8, 4) is 0 Å². The molecule has 82 valence electrons. The van der Waals surface area contributed by atoms with Crippen molar-refractivity contribution in [2.24, 2.45) is 7.05 Å². The van der Waals surface area contributed by atoms with Crippen molar-refractivity contribution in [1.82, 2.24) is 14.5 Å². The molecule has 0 unspecified atom stereocenters. The molecule has 2 rings (SSSR count). The zero-order chi connectivity index (χ0) is 10.8. The van der Waals surface area contributed by atoms with E-state index in [1.165, 1.54) is 5.69 Å². The molecule has 2 heterocycles. The first kappa shape index (κ1) is 10.4. The van der Waals surface area contributed by atoms with E-state index in [0.29, 0.717) is 17.8 Å².